The maximum atomic E-state index is 12.5. The first-order chi connectivity index (χ1) is 14.9. The molecule has 1 aromatic carbocycles. The Morgan fingerprint density at radius 3 is 2.68 bits per heavy atom. The summed E-state index contributed by atoms with van der Waals surface area (Å²) in [4.78, 5) is 8.75. The van der Waals surface area contributed by atoms with Gasteiger partial charge in [0.1, 0.15) is 22.4 Å². The highest BCUT2D eigenvalue weighted by Gasteiger charge is 2.20. The second kappa shape index (κ2) is 8.67. The summed E-state index contributed by atoms with van der Waals surface area (Å²) in [6, 6.07) is 8.91. The molecule has 0 amide bonds. The number of hydrogen-bond donors (Lipinski definition) is 0. The summed E-state index contributed by atoms with van der Waals surface area (Å²) in [6.45, 7) is 0.502. The lowest BCUT2D eigenvalue weighted by molar-refractivity contribution is 0.242. The Kier molecular flexibility index (Phi) is 5.96. The monoisotopic (exact) mass is 438 g/mol. The van der Waals surface area contributed by atoms with Crippen molar-refractivity contribution in [2.75, 3.05) is 12.9 Å². The van der Waals surface area contributed by atoms with Gasteiger partial charge in [0, 0.05) is 30.4 Å². The van der Waals surface area contributed by atoms with Crippen LogP contribution in [0.15, 0.2) is 35.4 Å². The molecule has 4 rings (SSSR count). The van der Waals surface area contributed by atoms with Crippen molar-refractivity contribution in [1.29, 1.82) is 5.26 Å². The normalized spacial score (nSPS) is 15.1. The van der Waals surface area contributed by atoms with E-state index in [1.165, 1.54) is 38.4 Å². The van der Waals surface area contributed by atoms with Crippen molar-refractivity contribution in [2.45, 2.75) is 43.4 Å². The van der Waals surface area contributed by atoms with E-state index in [0.717, 1.165) is 11.8 Å². The molecule has 0 spiro atoms. The molecule has 0 bridgehead atoms. The summed E-state index contributed by atoms with van der Waals surface area (Å²) >= 11 is 0. The molecule has 1 aliphatic carbocycles. The smallest absolute Gasteiger partial charge is 0.234 e. The molecule has 0 N–H and O–H groups in total. The summed E-state index contributed by atoms with van der Waals surface area (Å²) in [6.07, 6.45) is 10.3. The van der Waals surface area contributed by atoms with Gasteiger partial charge in [0.2, 0.25) is 5.82 Å². The molecule has 0 aliphatic heterocycles. The summed E-state index contributed by atoms with van der Waals surface area (Å²) in [5.41, 5.74) is 1.76. The number of sulfone groups is 1. The second-order valence-electron chi connectivity index (χ2n) is 8.25. The number of hydrogen-bond acceptors (Lipinski definition) is 6. The lowest BCUT2D eigenvalue weighted by Gasteiger charge is -2.21. The van der Waals surface area contributed by atoms with Crippen LogP contribution in [0.3, 0.4) is 0 Å². The molecular formula is C23H26N4O3S. The Morgan fingerprint density at radius 2 is 1.97 bits per heavy atom. The Morgan fingerprint density at radius 1 is 1.19 bits per heavy atom. The molecule has 8 heteroatoms. The molecule has 1 fully saturated rings. The molecule has 3 aromatic rings. The molecule has 1 saturated carbocycles. The van der Waals surface area contributed by atoms with E-state index in [2.05, 4.69) is 9.97 Å². The lowest BCUT2D eigenvalue weighted by Crippen LogP contribution is -2.12. The number of aromatic nitrogens is 3. The summed E-state index contributed by atoms with van der Waals surface area (Å²) in [5, 5.41) is 10.1. The van der Waals surface area contributed by atoms with Crippen LogP contribution >= 0.6 is 0 Å². The maximum absolute atomic E-state index is 12.5. The molecule has 31 heavy (non-hydrogen) atoms. The van der Waals surface area contributed by atoms with Gasteiger partial charge in [0.25, 0.3) is 0 Å². The number of nitriles is 1. The minimum atomic E-state index is -3.52. The molecule has 0 unspecified atom stereocenters. The van der Waals surface area contributed by atoms with E-state index in [0.29, 0.717) is 35.2 Å². The van der Waals surface area contributed by atoms with Crippen molar-refractivity contribution < 1.29 is 13.2 Å². The Hall–Kier alpha value is -2.92. The van der Waals surface area contributed by atoms with Crippen LogP contribution in [0, 0.1) is 17.2 Å². The molecule has 2 aromatic heterocycles. The average Bonchev–Trinajstić information content (AvgIpc) is 3.14. The highest BCUT2D eigenvalue weighted by molar-refractivity contribution is 7.90. The minimum Gasteiger partial charge on any atom is -0.492 e. The van der Waals surface area contributed by atoms with E-state index in [1.54, 1.807) is 18.2 Å². The molecule has 0 radical (unpaired) electrons. The standard InChI is InChI=1S/C23H26N4O3S/c1-27-12-10-18-22(25-21(15-24)26-23(18)27)17-8-9-19(20(14-17)31(2,28)29)30-13-11-16-6-4-3-5-7-16/h8-10,12,14,16H,3-7,11,13H2,1-2H3. The zero-order valence-electron chi connectivity index (χ0n) is 17.8. The Bertz CT molecular complexity index is 1250. The van der Waals surface area contributed by atoms with Crippen LogP contribution in [-0.4, -0.2) is 35.8 Å². The fourth-order valence-corrected chi connectivity index (χ4v) is 5.12. The first-order valence-corrected chi connectivity index (χ1v) is 12.5. The van der Waals surface area contributed by atoms with Gasteiger partial charge in [0.05, 0.1) is 12.3 Å². The van der Waals surface area contributed by atoms with Crippen LogP contribution < -0.4 is 4.74 Å². The van der Waals surface area contributed by atoms with E-state index >= 15 is 0 Å². The van der Waals surface area contributed by atoms with Crippen LogP contribution in [0.25, 0.3) is 22.3 Å². The lowest BCUT2D eigenvalue weighted by atomic mass is 9.87. The topological polar surface area (TPSA) is 97.9 Å². The number of rotatable bonds is 6. The quantitative estimate of drug-likeness (QED) is 0.570. The first-order valence-electron chi connectivity index (χ1n) is 10.6. The van der Waals surface area contributed by atoms with Crippen LogP contribution in [0.1, 0.15) is 44.3 Å². The van der Waals surface area contributed by atoms with Gasteiger partial charge in [-0.1, -0.05) is 32.1 Å². The molecule has 0 saturated heterocycles. The van der Waals surface area contributed by atoms with Crippen molar-refractivity contribution in [3.05, 3.63) is 36.3 Å². The van der Waals surface area contributed by atoms with Crippen LogP contribution in [0.2, 0.25) is 0 Å². The number of fused-ring (bicyclic) bond motifs is 1. The summed E-state index contributed by atoms with van der Waals surface area (Å²) in [7, 11) is -1.68. The summed E-state index contributed by atoms with van der Waals surface area (Å²) < 4.78 is 32.8. The van der Waals surface area contributed by atoms with Crippen LogP contribution in [0.5, 0.6) is 5.75 Å². The molecule has 1 aliphatic rings. The highest BCUT2D eigenvalue weighted by Crippen LogP contribution is 2.33. The van der Waals surface area contributed by atoms with Crippen molar-refractivity contribution in [2.24, 2.45) is 13.0 Å². The summed E-state index contributed by atoms with van der Waals surface area (Å²) in [5.74, 6) is 1.06. The van der Waals surface area contributed by atoms with Crippen LogP contribution in [0.4, 0.5) is 0 Å². The average molecular weight is 439 g/mol. The van der Waals surface area contributed by atoms with Gasteiger partial charge in [-0.05, 0) is 36.6 Å². The molecule has 162 valence electrons. The molecule has 7 nitrogen and oxygen atoms in total. The number of benzene rings is 1. The Balaban J connectivity index is 1.68. The number of aryl methyl sites for hydroxylation is 1. The van der Waals surface area contributed by atoms with Gasteiger partial charge in [0.15, 0.2) is 9.84 Å². The third-order valence-corrected chi connectivity index (χ3v) is 7.07. The molecular weight excluding hydrogens is 412 g/mol. The predicted molar refractivity (Wildman–Crippen MR) is 118 cm³/mol. The predicted octanol–water partition coefficient (Wildman–Crippen LogP) is 4.26. The van der Waals surface area contributed by atoms with E-state index in [-0.39, 0.29) is 10.7 Å². The van der Waals surface area contributed by atoms with Gasteiger partial charge in [-0.15, -0.1) is 0 Å². The third kappa shape index (κ3) is 4.57. The zero-order valence-corrected chi connectivity index (χ0v) is 18.7. The van der Waals surface area contributed by atoms with Crippen molar-refractivity contribution in [3.8, 4) is 23.1 Å². The van der Waals surface area contributed by atoms with Gasteiger partial charge >= 0.3 is 0 Å². The molecule has 0 atom stereocenters. The van der Waals surface area contributed by atoms with Crippen molar-refractivity contribution in [1.82, 2.24) is 14.5 Å². The Labute approximate surface area is 182 Å². The van der Waals surface area contributed by atoms with Crippen molar-refractivity contribution in [3.63, 3.8) is 0 Å². The molecule has 2 heterocycles. The van der Waals surface area contributed by atoms with E-state index < -0.39 is 9.84 Å². The fourth-order valence-electron chi connectivity index (χ4n) is 4.28. The van der Waals surface area contributed by atoms with Gasteiger partial charge in [-0.25, -0.2) is 18.4 Å². The number of ether oxygens (including phenoxy) is 1. The minimum absolute atomic E-state index is 0.0398. The van der Waals surface area contributed by atoms with Gasteiger partial charge in [-0.3, -0.25) is 0 Å². The largest absolute Gasteiger partial charge is 0.492 e. The van der Waals surface area contributed by atoms with Gasteiger partial charge in [-0.2, -0.15) is 5.26 Å². The second-order valence-corrected chi connectivity index (χ2v) is 10.2. The third-order valence-electron chi connectivity index (χ3n) is 5.95. The maximum Gasteiger partial charge on any atom is 0.234 e. The zero-order chi connectivity index (χ0) is 22.0. The first kappa shape index (κ1) is 21.3. The van der Waals surface area contributed by atoms with Crippen molar-refractivity contribution >= 4 is 20.9 Å². The highest BCUT2D eigenvalue weighted by atomic mass is 32.2. The van der Waals surface area contributed by atoms with E-state index in [9.17, 15) is 13.7 Å². The number of nitrogens with zero attached hydrogens (tertiary/aromatic N) is 4. The van der Waals surface area contributed by atoms with Gasteiger partial charge < -0.3 is 9.30 Å². The van der Waals surface area contributed by atoms with Crippen LogP contribution in [-0.2, 0) is 16.9 Å². The van der Waals surface area contributed by atoms with E-state index in [1.807, 2.05) is 29.9 Å². The van der Waals surface area contributed by atoms with E-state index in [4.69, 9.17) is 4.74 Å². The fraction of sp³-hybridized carbons (Fsp3) is 0.435. The SMILES string of the molecule is Cn1ccc2c(-c3ccc(OCCC4CCCCC4)c(S(C)(=O)=O)c3)nc(C#N)nc21.